The summed E-state index contributed by atoms with van der Waals surface area (Å²) in [5.74, 6) is 9.61. The van der Waals surface area contributed by atoms with E-state index in [0.717, 1.165) is 135 Å². The fraction of sp³-hybridized carbons (Fsp3) is 0.275. The normalized spacial score (nSPS) is 11.8. The van der Waals surface area contributed by atoms with Crippen molar-refractivity contribution in [3.05, 3.63) is 386 Å². The zero-order valence-corrected chi connectivity index (χ0v) is 82.2. The van der Waals surface area contributed by atoms with Gasteiger partial charge in [0, 0.05) is 10.8 Å². The van der Waals surface area contributed by atoms with Crippen LogP contribution in [0.25, 0.3) is 22.3 Å². The van der Waals surface area contributed by atoms with Gasteiger partial charge in [-0.25, -0.2) is 14.4 Å². The SMILES string of the molecule is CCOc1ccc(CCc2ccc(CCc3ccc(OCC)cc3)c(C)c2C)cc1.CCOc1ccc(OCOc2ccc(OC(=O)c3ccc(OCC)cc3)c(C)c2C)cc1.CCOc1ccc(OCOc2ccc3c(c2)C(C)(C)c2cc(OC(=O)c4ccc(OCC)cc4)ccc2-3)cc1.CCc1ccc(OCOc2ccc3c(c2)C(C)(C)c2cc(OC(=O)c4ccc(CC)cc4)ccc2-3)cc1. The number of benzene rings is 14. The van der Waals surface area contributed by atoms with Gasteiger partial charge in [0.15, 0.2) is 0 Å². The Bertz CT molecular complexity index is 6280. The standard InChI is InChI=1S/C33H32O6.C33H32O4.C28H34O2.C26H28O6/c1-5-35-23-9-7-22(8-10-23)32(34)39-27-16-18-29-28-17-15-26(19-30(28)33(3,4)31(29)20-27)38-21-37-25-13-11-24(12-14-25)36-6-2;1-5-22-7-11-24(12-8-22)32(34)37-27-16-18-29-28-17-15-26(19-30(28)33(3,4)31(29)20-27)36-21-35-25-13-9-23(6-2)10-14-25;1-5-29-27-17-9-23(10-18-27)7-13-25-15-16-26(22(4)21(25)3)14-8-24-11-19-28(20-12-24)30-6-2;1-5-28-21-9-7-20(8-10-21)26(27)32-25-16-15-24(18(3)19(25)4)31-17-30-23-13-11-22(12-14-23)29-6-2/h7-20H,5-6,21H2,1-4H3;7-20H,5-6,21H2,1-4H3;9-12,15-20H,5-8,13-14H2,1-4H3;7-16H,5-6,17H2,1-4H3. The molecule has 714 valence electrons. The molecule has 14 aromatic carbocycles. The maximum absolute atomic E-state index is 12.8. The van der Waals surface area contributed by atoms with Crippen molar-refractivity contribution in [3.63, 3.8) is 0 Å². The van der Waals surface area contributed by atoms with Gasteiger partial charge in [-0.1, -0.05) is 126 Å². The van der Waals surface area contributed by atoms with Crippen LogP contribution < -0.4 is 71.1 Å². The molecule has 16 rings (SSSR count). The summed E-state index contributed by atoms with van der Waals surface area (Å²) in [5.41, 5.74) is 22.6. The van der Waals surface area contributed by atoms with Crippen LogP contribution in [0.2, 0.25) is 0 Å². The molecule has 0 atom stereocenters. The number of rotatable bonds is 38. The largest absolute Gasteiger partial charge is 0.494 e. The molecule has 0 unspecified atom stereocenters. The highest BCUT2D eigenvalue weighted by Gasteiger charge is 2.38. The number of aryl methyl sites for hydroxylation is 6. The molecular formula is C120H126O18. The summed E-state index contributed by atoms with van der Waals surface area (Å²) < 4.78 is 84.7. The summed E-state index contributed by atoms with van der Waals surface area (Å²) in [4.78, 5) is 38.0. The van der Waals surface area contributed by atoms with E-state index in [2.05, 4.69) is 152 Å². The Labute approximate surface area is 813 Å². The van der Waals surface area contributed by atoms with Crippen LogP contribution in [0.1, 0.15) is 192 Å². The van der Waals surface area contributed by atoms with Gasteiger partial charge < -0.3 is 71.1 Å². The first kappa shape index (κ1) is 101. The van der Waals surface area contributed by atoms with Crippen LogP contribution >= 0.6 is 0 Å². The van der Waals surface area contributed by atoms with Gasteiger partial charge in [-0.05, 0) is 414 Å². The molecule has 0 aromatic heterocycles. The molecule has 18 nitrogen and oxygen atoms in total. The Hall–Kier alpha value is -14.9. The molecule has 0 radical (unpaired) electrons. The molecule has 138 heavy (non-hydrogen) atoms. The second kappa shape index (κ2) is 48.5. The van der Waals surface area contributed by atoms with E-state index >= 15 is 0 Å². The van der Waals surface area contributed by atoms with Gasteiger partial charge in [-0.15, -0.1) is 0 Å². The second-order valence-electron chi connectivity index (χ2n) is 34.3. The third kappa shape index (κ3) is 26.4. The Morgan fingerprint density at radius 2 is 0.449 bits per heavy atom. The van der Waals surface area contributed by atoms with Crippen molar-refractivity contribution in [2.45, 2.75) is 160 Å². The van der Waals surface area contributed by atoms with Crippen molar-refractivity contribution in [2.24, 2.45) is 0 Å². The number of esters is 3. The van der Waals surface area contributed by atoms with Crippen molar-refractivity contribution in [2.75, 3.05) is 60.0 Å². The lowest BCUT2D eigenvalue weighted by Crippen LogP contribution is -2.16. The topological polar surface area (TPSA) is 190 Å². The van der Waals surface area contributed by atoms with Gasteiger partial charge in [0.25, 0.3) is 0 Å². The first-order chi connectivity index (χ1) is 66.9. The number of ether oxygens (including phenoxy) is 15. The maximum atomic E-state index is 12.8. The summed E-state index contributed by atoms with van der Waals surface area (Å²) >= 11 is 0. The van der Waals surface area contributed by atoms with Gasteiger partial charge in [-0.3, -0.25) is 0 Å². The van der Waals surface area contributed by atoms with Crippen LogP contribution in [0.3, 0.4) is 0 Å². The van der Waals surface area contributed by atoms with E-state index < -0.39 is 11.9 Å². The van der Waals surface area contributed by atoms with E-state index in [-0.39, 0.29) is 37.2 Å². The van der Waals surface area contributed by atoms with Gasteiger partial charge in [-0.2, -0.15) is 0 Å². The van der Waals surface area contributed by atoms with Crippen LogP contribution in [0.4, 0.5) is 0 Å². The van der Waals surface area contributed by atoms with E-state index in [4.69, 9.17) is 71.1 Å². The van der Waals surface area contributed by atoms with Crippen molar-refractivity contribution >= 4 is 17.9 Å². The monoisotopic (exact) mass is 1850 g/mol. The van der Waals surface area contributed by atoms with E-state index in [1.807, 2.05) is 189 Å². The quantitative estimate of drug-likeness (QED) is 0.0202. The van der Waals surface area contributed by atoms with Crippen molar-refractivity contribution < 1.29 is 85.4 Å². The lowest BCUT2D eigenvalue weighted by molar-refractivity contribution is 0.0724. The smallest absolute Gasteiger partial charge is 0.343 e. The van der Waals surface area contributed by atoms with Crippen LogP contribution in [-0.4, -0.2) is 77.9 Å². The number of hydrogen-bond acceptors (Lipinski definition) is 18. The summed E-state index contributed by atoms with van der Waals surface area (Å²) in [6, 6.07) is 93.3. The predicted octanol–water partition coefficient (Wildman–Crippen LogP) is 27.6. The Kier molecular flexibility index (Phi) is 35.3. The predicted molar refractivity (Wildman–Crippen MR) is 545 cm³/mol. The first-order valence-corrected chi connectivity index (χ1v) is 47.6. The van der Waals surface area contributed by atoms with E-state index in [0.29, 0.717) is 96.6 Å². The molecule has 0 heterocycles. The summed E-state index contributed by atoms with van der Waals surface area (Å²) in [7, 11) is 0. The Balaban J connectivity index is 0.000000156. The number of hydrogen-bond donors (Lipinski definition) is 0. The average Bonchev–Trinajstić information content (AvgIpc) is 1.58. The highest BCUT2D eigenvalue weighted by Crippen LogP contribution is 2.53. The third-order valence-corrected chi connectivity index (χ3v) is 24.7. The van der Waals surface area contributed by atoms with E-state index in [1.54, 1.807) is 60.7 Å². The number of carbonyl (C=O) groups is 3. The highest BCUT2D eigenvalue weighted by atomic mass is 16.7. The average molecular weight is 1860 g/mol. The Morgan fingerprint density at radius 1 is 0.217 bits per heavy atom. The van der Waals surface area contributed by atoms with Crippen LogP contribution in [0.5, 0.6) is 86.2 Å². The second-order valence-corrected chi connectivity index (χ2v) is 34.3. The molecule has 0 N–H and O–H groups in total. The maximum Gasteiger partial charge on any atom is 0.343 e. The fourth-order valence-electron chi connectivity index (χ4n) is 16.6. The zero-order chi connectivity index (χ0) is 97.7. The van der Waals surface area contributed by atoms with Crippen molar-refractivity contribution in [3.8, 4) is 108 Å². The van der Waals surface area contributed by atoms with E-state index in [1.165, 1.54) is 50.1 Å². The first-order valence-electron chi connectivity index (χ1n) is 47.6. The molecule has 0 aliphatic heterocycles. The van der Waals surface area contributed by atoms with Gasteiger partial charge in [0.05, 0.1) is 56.3 Å². The van der Waals surface area contributed by atoms with Crippen LogP contribution in [0.15, 0.2) is 291 Å². The zero-order valence-electron chi connectivity index (χ0n) is 82.2. The molecule has 2 aliphatic carbocycles. The fourth-order valence-corrected chi connectivity index (χ4v) is 16.6. The molecule has 0 saturated carbocycles. The molecule has 0 spiro atoms. The van der Waals surface area contributed by atoms with Crippen LogP contribution in [-0.2, 0) is 49.4 Å². The van der Waals surface area contributed by atoms with Crippen molar-refractivity contribution in [1.82, 2.24) is 0 Å². The minimum atomic E-state index is -0.428. The van der Waals surface area contributed by atoms with Gasteiger partial charge >= 0.3 is 17.9 Å². The third-order valence-electron chi connectivity index (χ3n) is 24.7. The molecule has 2 aliphatic rings. The van der Waals surface area contributed by atoms with Gasteiger partial charge in [0.2, 0.25) is 20.4 Å². The highest BCUT2D eigenvalue weighted by molar-refractivity contribution is 5.93. The lowest BCUT2D eigenvalue weighted by atomic mass is 9.82. The molecule has 0 fully saturated rings. The minimum absolute atomic E-state index is 0.0551. The van der Waals surface area contributed by atoms with Crippen LogP contribution in [0, 0.1) is 27.7 Å². The number of fused-ring (bicyclic) bond motifs is 6. The van der Waals surface area contributed by atoms with Gasteiger partial charge in [0.1, 0.15) is 86.2 Å². The molecular weight excluding hydrogens is 1730 g/mol. The van der Waals surface area contributed by atoms with Crippen molar-refractivity contribution in [1.29, 1.82) is 0 Å². The lowest BCUT2D eigenvalue weighted by Gasteiger charge is -2.22. The number of carbonyl (C=O) groups excluding carboxylic acids is 3. The molecule has 18 heteroatoms. The molecule has 14 aromatic rings. The minimum Gasteiger partial charge on any atom is -0.494 e. The molecule has 0 bridgehead atoms. The molecule has 0 amide bonds. The molecule has 0 saturated heterocycles. The summed E-state index contributed by atoms with van der Waals surface area (Å²) in [6.07, 6.45) is 6.18. The Morgan fingerprint density at radius 3 is 0.768 bits per heavy atom. The van der Waals surface area contributed by atoms with E-state index in [9.17, 15) is 14.4 Å². The summed E-state index contributed by atoms with van der Waals surface area (Å²) in [6.45, 7) is 37.1. The summed E-state index contributed by atoms with van der Waals surface area (Å²) in [5, 5.41) is 0.